The second kappa shape index (κ2) is 4.27. The maximum absolute atomic E-state index is 5.77. The Balaban J connectivity index is 0.000000336. The highest BCUT2D eigenvalue weighted by Gasteiger charge is 2.40. The van der Waals surface area contributed by atoms with Crippen molar-refractivity contribution in [3.63, 3.8) is 0 Å². The van der Waals surface area contributed by atoms with Gasteiger partial charge in [0.1, 0.15) is 0 Å². The van der Waals surface area contributed by atoms with Gasteiger partial charge in [-0.15, -0.1) is 0 Å². The van der Waals surface area contributed by atoms with Gasteiger partial charge in [-0.1, -0.05) is 20.8 Å². The zero-order valence-corrected chi connectivity index (χ0v) is 8.73. The van der Waals surface area contributed by atoms with E-state index in [0.29, 0.717) is 5.60 Å². The van der Waals surface area contributed by atoms with E-state index in [0.717, 1.165) is 12.5 Å². The minimum Gasteiger partial charge on any atom is -0.375 e. The van der Waals surface area contributed by atoms with Gasteiger partial charge in [0.15, 0.2) is 0 Å². The summed E-state index contributed by atoms with van der Waals surface area (Å²) in [6, 6.07) is 0. The van der Waals surface area contributed by atoms with Crippen LogP contribution in [-0.4, -0.2) is 12.2 Å². The molecule has 2 atom stereocenters. The zero-order valence-electron chi connectivity index (χ0n) is 8.73. The Morgan fingerprint density at radius 3 is 2.42 bits per heavy atom. The van der Waals surface area contributed by atoms with Crippen LogP contribution in [0.25, 0.3) is 0 Å². The maximum atomic E-state index is 5.77. The molecule has 2 rings (SSSR count). The van der Waals surface area contributed by atoms with Crippen molar-refractivity contribution in [1.82, 2.24) is 0 Å². The maximum Gasteiger partial charge on any atom is 0.0686 e. The van der Waals surface area contributed by atoms with Crippen molar-refractivity contribution >= 4 is 0 Å². The van der Waals surface area contributed by atoms with Crippen molar-refractivity contribution in [1.29, 1.82) is 0 Å². The van der Waals surface area contributed by atoms with Gasteiger partial charge in [0, 0.05) is 6.61 Å². The van der Waals surface area contributed by atoms with Gasteiger partial charge in [0.05, 0.1) is 5.60 Å². The molecular formula is C11H22O. The fourth-order valence-electron chi connectivity index (χ4n) is 2.46. The summed E-state index contributed by atoms with van der Waals surface area (Å²) in [5.74, 6) is 0.915. The normalized spacial score (nSPS) is 39.8. The van der Waals surface area contributed by atoms with Crippen molar-refractivity contribution in [2.75, 3.05) is 6.61 Å². The van der Waals surface area contributed by atoms with Crippen LogP contribution in [0.15, 0.2) is 0 Å². The third kappa shape index (κ3) is 2.01. The van der Waals surface area contributed by atoms with Gasteiger partial charge >= 0.3 is 0 Å². The average molecular weight is 170 g/mol. The van der Waals surface area contributed by atoms with E-state index in [2.05, 4.69) is 6.92 Å². The molecule has 0 bridgehead atoms. The van der Waals surface area contributed by atoms with Crippen molar-refractivity contribution in [2.45, 2.75) is 58.5 Å². The van der Waals surface area contributed by atoms with E-state index in [-0.39, 0.29) is 0 Å². The molecule has 1 unspecified atom stereocenters. The van der Waals surface area contributed by atoms with Crippen LogP contribution in [0.1, 0.15) is 52.9 Å². The lowest BCUT2D eigenvalue weighted by molar-refractivity contribution is 0.00775. The van der Waals surface area contributed by atoms with Crippen LogP contribution >= 0.6 is 0 Å². The quantitative estimate of drug-likeness (QED) is 0.541. The van der Waals surface area contributed by atoms with E-state index in [1.165, 1.54) is 32.1 Å². The molecule has 2 aliphatic rings. The molecule has 1 nitrogen and oxygen atoms in total. The highest BCUT2D eigenvalue weighted by molar-refractivity contribution is 4.92. The smallest absolute Gasteiger partial charge is 0.0686 e. The van der Waals surface area contributed by atoms with Gasteiger partial charge < -0.3 is 4.74 Å². The first-order valence-corrected chi connectivity index (χ1v) is 5.45. The van der Waals surface area contributed by atoms with Crippen LogP contribution in [0.2, 0.25) is 0 Å². The van der Waals surface area contributed by atoms with Gasteiger partial charge in [-0.2, -0.15) is 0 Å². The molecule has 0 radical (unpaired) electrons. The van der Waals surface area contributed by atoms with E-state index in [4.69, 9.17) is 4.74 Å². The first kappa shape index (κ1) is 10.0. The first-order chi connectivity index (χ1) is 5.81. The fourth-order valence-corrected chi connectivity index (χ4v) is 2.46. The minimum absolute atomic E-state index is 0.361. The van der Waals surface area contributed by atoms with Crippen LogP contribution in [0, 0.1) is 5.92 Å². The first-order valence-electron chi connectivity index (χ1n) is 5.45. The van der Waals surface area contributed by atoms with E-state index in [9.17, 15) is 0 Å². The molecule has 1 aliphatic heterocycles. The third-order valence-corrected chi connectivity index (χ3v) is 3.00. The Morgan fingerprint density at radius 1 is 1.25 bits per heavy atom. The monoisotopic (exact) mass is 170 g/mol. The van der Waals surface area contributed by atoms with Gasteiger partial charge in [-0.25, -0.2) is 0 Å². The summed E-state index contributed by atoms with van der Waals surface area (Å²) >= 11 is 0. The molecular weight excluding hydrogens is 148 g/mol. The van der Waals surface area contributed by atoms with Crippen molar-refractivity contribution in [3.8, 4) is 0 Å². The third-order valence-electron chi connectivity index (χ3n) is 3.00. The molecule has 1 saturated heterocycles. The summed E-state index contributed by atoms with van der Waals surface area (Å²) in [5.41, 5.74) is 0.361. The summed E-state index contributed by atoms with van der Waals surface area (Å²) in [7, 11) is 0. The Morgan fingerprint density at radius 2 is 2.00 bits per heavy atom. The second-order valence-corrected chi connectivity index (χ2v) is 3.98. The molecule has 1 saturated carbocycles. The Bertz CT molecular complexity index is 125. The predicted octanol–water partition coefficient (Wildman–Crippen LogP) is 3.38. The van der Waals surface area contributed by atoms with E-state index >= 15 is 0 Å². The molecule has 0 aromatic rings. The van der Waals surface area contributed by atoms with E-state index in [1.807, 2.05) is 13.8 Å². The highest BCUT2D eigenvalue weighted by Crippen LogP contribution is 2.43. The molecule has 0 aromatic heterocycles. The summed E-state index contributed by atoms with van der Waals surface area (Å²) in [6.07, 6.45) is 6.67. The lowest BCUT2D eigenvalue weighted by atomic mass is 9.97. The summed E-state index contributed by atoms with van der Waals surface area (Å²) in [6.45, 7) is 7.36. The fraction of sp³-hybridized carbons (Fsp3) is 1.00. The van der Waals surface area contributed by atoms with Crippen LogP contribution in [0.5, 0.6) is 0 Å². The summed E-state index contributed by atoms with van der Waals surface area (Å²) in [4.78, 5) is 0. The Hall–Kier alpha value is -0.0400. The summed E-state index contributed by atoms with van der Waals surface area (Å²) < 4.78 is 5.77. The molecule has 0 amide bonds. The number of hydrogen-bond donors (Lipinski definition) is 0. The standard InChI is InChI=1S/C9H16O.C2H6/c1-8-3-5-9(7-8)4-2-6-10-9;1-2/h8H,2-7H2,1H3;1-2H3/t8?,9-;/m1./s1. The molecule has 1 aliphatic carbocycles. The molecule has 0 aromatic carbocycles. The zero-order chi connectivity index (χ0) is 9.03. The molecule has 72 valence electrons. The molecule has 1 spiro atoms. The van der Waals surface area contributed by atoms with Crippen LogP contribution in [0.4, 0.5) is 0 Å². The molecule has 1 heterocycles. The van der Waals surface area contributed by atoms with Gasteiger partial charge in [0.25, 0.3) is 0 Å². The van der Waals surface area contributed by atoms with Crippen molar-refractivity contribution < 1.29 is 4.74 Å². The SMILES string of the molecule is CC.CC1CC[C@]2(CCCO2)C1. The van der Waals surface area contributed by atoms with Gasteiger partial charge in [0.2, 0.25) is 0 Å². The predicted molar refractivity (Wildman–Crippen MR) is 52.3 cm³/mol. The van der Waals surface area contributed by atoms with Crippen LogP contribution in [0.3, 0.4) is 0 Å². The number of ether oxygens (including phenoxy) is 1. The highest BCUT2D eigenvalue weighted by atomic mass is 16.5. The van der Waals surface area contributed by atoms with E-state index in [1.54, 1.807) is 0 Å². The molecule has 0 N–H and O–H groups in total. The molecule has 12 heavy (non-hydrogen) atoms. The average Bonchev–Trinajstić information content (AvgIpc) is 2.68. The topological polar surface area (TPSA) is 9.23 Å². The molecule has 2 fully saturated rings. The lowest BCUT2D eigenvalue weighted by Crippen LogP contribution is -2.22. The van der Waals surface area contributed by atoms with Gasteiger partial charge in [-0.05, 0) is 38.0 Å². The van der Waals surface area contributed by atoms with Crippen molar-refractivity contribution in [2.24, 2.45) is 5.92 Å². The van der Waals surface area contributed by atoms with Gasteiger partial charge in [-0.3, -0.25) is 0 Å². The Kier molecular flexibility index (Phi) is 3.57. The molecule has 1 heteroatoms. The number of rotatable bonds is 0. The minimum atomic E-state index is 0.361. The largest absolute Gasteiger partial charge is 0.375 e. The Labute approximate surface area is 76.5 Å². The lowest BCUT2D eigenvalue weighted by Gasteiger charge is -2.21. The second-order valence-electron chi connectivity index (χ2n) is 3.98. The van der Waals surface area contributed by atoms with Crippen LogP contribution < -0.4 is 0 Å². The summed E-state index contributed by atoms with van der Waals surface area (Å²) in [5, 5.41) is 0. The van der Waals surface area contributed by atoms with E-state index < -0.39 is 0 Å². The van der Waals surface area contributed by atoms with Crippen LogP contribution in [-0.2, 0) is 4.74 Å². The van der Waals surface area contributed by atoms with Crippen molar-refractivity contribution in [3.05, 3.63) is 0 Å². The number of hydrogen-bond acceptors (Lipinski definition) is 1.